The Hall–Kier alpha value is -3.02. The minimum atomic E-state index is -0.375. The van der Waals surface area contributed by atoms with Crippen molar-refractivity contribution in [2.45, 2.75) is 82.8 Å². The molecule has 0 aromatic heterocycles. The lowest BCUT2D eigenvalue weighted by molar-refractivity contribution is 0.0858. The van der Waals surface area contributed by atoms with Crippen LogP contribution in [0.4, 0.5) is 21.0 Å². The van der Waals surface area contributed by atoms with E-state index in [1.165, 1.54) is 12.8 Å². The van der Waals surface area contributed by atoms with Crippen molar-refractivity contribution in [1.29, 1.82) is 0 Å². The highest BCUT2D eigenvalue weighted by Crippen LogP contribution is 2.22. The van der Waals surface area contributed by atoms with Gasteiger partial charge in [0, 0.05) is 11.4 Å². The lowest BCUT2D eigenvalue weighted by Gasteiger charge is -2.21. The van der Waals surface area contributed by atoms with Crippen LogP contribution >= 0.6 is 0 Å². The van der Waals surface area contributed by atoms with E-state index >= 15 is 0 Å². The Morgan fingerprint density at radius 1 is 0.606 bits per heavy atom. The molecule has 2 amide bonds. The van der Waals surface area contributed by atoms with E-state index in [2.05, 4.69) is 10.6 Å². The van der Waals surface area contributed by atoms with Crippen molar-refractivity contribution in [3.63, 3.8) is 0 Å². The van der Waals surface area contributed by atoms with Crippen LogP contribution in [-0.4, -0.2) is 24.4 Å². The largest absolute Gasteiger partial charge is 0.446 e. The number of amides is 2. The third-order valence-corrected chi connectivity index (χ3v) is 6.46. The zero-order valence-corrected chi connectivity index (χ0v) is 19.2. The molecular weight excluding hydrogens is 416 g/mol. The van der Waals surface area contributed by atoms with Crippen molar-refractivity contribution in [3.05, 3.63) is 59.7 Å². The summed E-state index contributed by atoms with van der Waals surface area (Å²) in [6.07, 6.45) is 10.9. The Balaban J connectivity index is 1.22. The van der Waals surface area contributed by atoms with Crippen LogP contribution in [0.15, 0.2) is 48.5 Å². The van der Waals surface area contributed by atoms with Gasteiger partial charge in [-0.25, -0.2) is 9.59 Å². The zero-order chi connectivity index (χ0) is 22.9. The van der Waals surface area contributed by atoms with E-state index in [-0.39, 0.29) is 24.4 Å². The lowest BCUT2D eigenvalue weighted by Crippen LogP contribution is -2.24. The minimum Gasteiger partial charge on any atom is -0.446 e. The number of ether oxygens (including phenoxy) is 2. The number of hydrogen-bond donors (Lipinski definition) is 2. The van der Waals surface area contributed by atoms with Gasteiger partial charge in [-0.15, -0.1) is 0 Å². The van der Waals surface area contributed by atoms with Gasteiger partial charge in [-0.05, 0) is 93.2 Å². The first kappa shape index (κ1) is 23.1. The van der Waals surface area contributed by atoms with Gasteiger partial charge in [0.05, 0.1) is 0 Å². The molecular formula is C27H34N2O4. The van der Waals surface area contributed by atoms with Crippen LogP contribution in [0.25, 0.3) is 0 Å². The number of nitrogens with one attached hydrogen (secondary N) is 2. The number of rotatable bonds is 6. The summed E-state index contributed by atoms with van der Waals surface area (Å²) in [5, 5.41) is 5.64. The molecule has 2 fully saturated rings. The molecule has 0 atom stereocenters. The molecule has 2 N–H and O–H groups in total. The maximum absolute atomic E-state index is 12.1. The molecule has 0 spiro atoms. The molecule has 2 aromatic rings. The third-order valence-electron chi connectivity index (χ3n) is 6.46. The molecule has 33 heavy (non-hydrogen) atoms. The Labute approximate surface area is 196 Å². The zero-order valence-electron chi connectivity index (χ0n) is 19.2. The summed E-state index contributed by atoms with van der Waals surface area (Å²) < 4.78 is 11.0. The smallest absolute Gasteiger partial charge is 0.411 e. The van der Waals surface area contributed by atoms with Crippen molar-refractivity contribution in [2.75, 3.05) is 10.6 Å². The molecule has 0 bridgehead atoms. The third kappa shape index (κ3) is 7.52. The van der Waals surface area contributed by atoms with Crippen LogP contribution in [0.3, 0.4) is 0 Å². The van der Waals surface area contributed by atoms with E-state index in [9.17, 15) is 9.59 Å². The number of carbonyl (C=O) groups excluding carboxylic acids is 2. The average Bonchev–Trinajstić information content (AvgIpc) is 2.83. The first-order chi connectivity index (χ1) is 16.1. The molecule has 2 aliphatic rings. The van der Waals surface area contributed by atoms with E-state index in [0.29, 0.717) is 0 Å². The number of benzene rings is 2. The van der Waals surface area contributed by atoms with E-state index in [1.54, 1.807) is 0 Å². The molecule has 2 saturated carbocycles. The van der Waals surface area contributed by atoms with Gasteiger partial charge in [0.2, 0.25) is 0 Å². The van der Waals surface area contributed by atoms with Gasteiger partial charge >= 0.3 is 12.2 Å². The topological polar surface area (TPSA) is 76.7 Å². The maximum Gasteiger partial charge on any atom is 0.411 e. The van der Waals surface area contributed by atoms with Gasteiger partial charge in [0.1, 0.15) is 12.2 Å². The standard InChI is InChI=1S/C27H34N2O4/c30-26(32-24-7-3-1-4-8-24)28-22-15-11-20(12-16-22)19-21-13-17-23(18-14-21)29-27(31)33-25-9-5-2-6-10-25/h11-18,24-25H,1-10,19H2,(H,28,30)(H,29,31). The molecule has 6 heteroatoms. The summed E-state index contributed by atoms with van der Waals surface area (Å²) in [7, 11) is 0. The van der Waals surface area contributed by atoms with Gasteiger partial charge in [-0.2, -0.15) is 0 Å². The van der Waals surface area contributed by atoms with E-state index < -0.39 is 0 Å². The Bertz CT molecular complexity index is 823. The monoisotopic (exact) mass is 450 g/mol. The molecule has 0 aliphatic heterocycles. The van der Waals surface area contributed by atoms with Crippen molar-refractivity contribution >= 4 is 23.6 Å². The highest BCUT2D eigenvalue weighted by molar-refractivity contribution is 5.85. The van der Waals surface area contributed by atoms with Crippen LogP contribution in [0.1, 0.15) is 75.3 Å². The normalized spacial score (nSPS) is 17.2. The molecule has 0 unspecified atom stereocenters. The highest BCUT2D eigenvalue weighted by atomic mass is 16.6. The second-order valence-corrected chi connectivity index (χ2v) is 9.15. The molecule has 0 saturated heterocycles. The first-order valence-corrected chi connectivity index (χ1v) is 12.3. The van der Waals surface area contributed by atoms with E-state index in [4.69, 9.17) is 9.47 Å². The van der Waals surface area contributed by atoms with Crippen LogP contribution in [0, 0.1) is 0 Å². The highest BCUT2D eigenvalue weighted by Gasteiger charge is 2.18. The van der Waals surface area contributed by atoms with Crippen molar-refractivity contribution in [2.24, 2.45) is 0 Å². The van der Waals surface area contributed by atoms with Crippen LogP contribution in [0.2, 0.25) is 0 Å². The van der Waals surface area contributed by atoms with Crippen LogP contribution < -0.4 is 10.6 Å². The van der Waals surface area contributed by atoms with Gasteiger partial charge in [0.15, 0.2) is 0 Å². The number of anilines is 2. The van der Waals surface area contributed by atoms with Crippen molar-refractivity contribution in [1.82, 2.24) is 0 Å². The molecule has 2 aromatic carbocycles. The Kier molecular flexibility index (Phi) is 8.23. The van der Waals surface area contributed by atoms with Gasteiger partial charge < -0.3 is 9.47 Å². The molecule has 0 heterocycles. The molecule has 4 rings (SSSR count). The fourth-order valence-electron chi connectivity index (χ4n) is 4.61. The lowest BCUT2D eigenvalue weighted by atomic mass is 9.98. The molecule has 2 aliphatic carbocycles. The second kappa shape index (κ2) is 11.7. The SMILES string of the molecule is O=C(Nc1ccc(Cc2ccc(NC(=O)OC3CCCCC3)cc2)cc1)OC1CCCCC1. The molecule has 0 radical (unpaired) electrons. The van der Waals surface area contributed by atoms with Crippen molar-refractivity contribution in [3.8, 4) is 0 Å². The second-order valence-electron chi connectivity index (χ2n) is 9.15. The maximum atomic E-state index is 12.1. The summed E-state index contributed by atoms with van der Waals surface area (Å²) in [5.41, 5.74) is 3.74. The summed E-state index contributed by atoms with van der Waals surface area (Å²) >= 11 is 0. The molecule has 6 nitrogen and oxygen atoms in total. The number of hydrogen-bond acceptors (Lipinski definition) is 4. The summed E-state index contributed by atoms with van der Waals surface area (Å²) in [4.78, 5) is 24.2. The number of carbonyl (C=O) groups is 2. The predicted octanol–water partition coefficient (Wildman–Crippen LogP) is 7.04. The fraction of sp³-hybridized carbons (Fsp3) is 0.481. The summed E-state index contributed by atoms with van der Waals surface area (Å²) in [6, 6.07) is 15.6. The average molecular weight is 451 g/mol. The van der Waals surface area contributed by atoms with Crippen molar-refractivity contribution < 1.29 is 19.1 Å². The summed E-state index contributed by atoms with van der Waals surface area (Å²) in [5.74, 6) is 0. The van der Waals surface area contributed by atoms with E-state index in [1.807, 2.05) is 48.5 Å². The molecule has 176 valence electrons. The fourth-order valence-corrected chi connectivity index (χ4v) is 4.61. The van der Waals surface area contributed by atoms with Gasteiger partial charge in [0.25, 0.3) is 0 Å². The van der Waals surface area contributed by atoms with E-state index in [0.717, 1.165) is 80.3 Å². The Morgan fingerprint density at radius 3 is 1.33 bits per heavy atom. The quantitative estimate of drug-likeness (QED) is 0.495. The predicted molar refractivity (Wildman–Crippen MR) is 130 cm³/mol. The van der Waals surface area contributed by atoms with Gasteiger partial charge in [-0.1, -0.05) is 37.1 Å². The van der Waals surface area contributed by atoms with Crippen LogP contribution in [0.5, 0.6) is 0 Å². The minimum absolute atomic E-state index is 0.0459. The summed E-state index contributed by atoms with van der Waals surface area (Å²) in [6.45, 7) is 0. The van der Waals surface area contributed by atoms with Gasteiger partial charge in [-0.3, -0.25) is 10.6 Å². The van der Waals surface area contributed by atoms with Crippen LogP contribution in [-0.2, 0) is 15.9 Å². The Morgan fingerprint density at radius 2 is 0.970 bits per heavy atom. The first-order valence-electron chi connectivity index (χ1n) is 12.3.